The number of amides is 1. The standard InChI is InChI=1S/C12H17ClN2O3/c1-7(2)9(5-11(16)17)14-12(18)10-4-8(13)6-15(10)3/h4,6-7,9H,5H2,1-3H3,(H,14,18)(H,16,17). The van der Waals surface area contributed by atoms with E-state index in [4.69, 9.17) is 16.7 Å². The van der Waals surface area contributed by atoms with Crippen LogP contribution in [0.15, 0.2) is 12.3 Å². The lowest BCUT2D eigenvalue weighted by Crippen LogP contribution is -2.40. The summed E-state index contributed by atoms with van der Waals surface area (Å²) >= 11 is 5.80. The average Bonchev–Trinajstić information content (AvgIpc) is 2.56. The number of nitrogens with zero attached hydrogens (tertiary/aromatic N) is 1. The molecular weight excluding hydrogens is 256 g/mol. The van der Waals surface area contributed by atoms with Crippen molar-refractivity contribution < 1.29 is 14.7 Å². The molecule has 18 heavy (non-hydrogen) atoms. The number of nitrogens with one attached hydrogen (secondary N) is 1. The smallest absolute Gasteiger partial charge is 0.305 e. The number of carbonyl (C=O) groups excluding carboxylic acids is 1. The molecule has 0 aliphatic rings. The molecule has 1 heterocycles. The van der Waals surface area contributed by atoms with Crippen molar-refractivity contribution in [2.45, 2.75) is 26.3 Å². The minimum atomic E-state index is -0.932. The molecular formula is C12H17ClN2O3. The summed E-state index contributed by atoms with van der Waals surface area (Å²) in [6.45, 7) is 3.73. The highest BCUT2D eigenvalue weighted by Crippen LogP contribution is 2.14. The topological polar surface area (TPSA) is 71.3 Å². The van der Waals surface area contributed by atoms with Crippen LogP contribution in [0.25, 0.3) is 0 Å². The molecule has 1 unspecified atom stereocenters. The van der Waals surface area contributed by atoms with Crippen molar-refractivity contribution in [2.75, 3.05) is 0 Å². The third-order valence-corrected chi connectivity index (χ3v) is 2.93. The van der Waals surface area contributed by atoms with Gasteiger partial charge in [0.25, 0.3) is 5.91 Å². The molecule has 6 heteroatoms. The molecule has 0 radical (unpaired) electrons. The quantitative estimate of drug-likeness (QED) is 0.860. The van der Waals surface area contributed by atoms with E-state index >= 15 is 0 Å². The van der Waals surface area contributed by atoms with Gasteiger partial charge in [-0.15, -0.1) is 0 Å². The molecule has 0 bridgehead atoms. The van der Waals surface area contributed by atoms with Crippen LogP contribution >= 0.6 is 11.6 Å². The van der Waals surface area contributed by atoms with Crippen LogP contribution in [0.1, 0.15) is 30.8 Å². The fourth-order valence-electron chi connectivity index (χ4n) is 1.63. The molecule has 0 spiro atoms. The summed E-state index contributed by atoms with van der Waals surface area (Å²) in [4.78, 5) is 22.7. The van der Waals surface area contributed by atoms with Crippen LogP contribution in [0.3, 0.4) is 0 Å². The Morgan fingerprint density at radius 2 is 2.11 bits per heavy atom. The number of rotatable bonds is 5. The zero-order chi connectivity index (χ0) is 13.9. The number of aromatic nitrogens is 1. The Labute approximate surface area is 111 Å². The van der Waals surface area contributed by atoms with Crippen LogP contribution in [0, 0.1) is 5.92 Å². The van der Waals surface area contributed by atoms with E-state index < -0.39 is 12.0 Å². The molecule has 2 N–H and O–H groups in total. The predicted octanol–water partition coefficient (Wildman–Crippen LogP) is 1.91. The third-order valence-electron chi connectivity index (χ3n) is 2.72. The van der Waals surface area contributed by atoms with E-state index in [0.29, 0.717) is 10.7 Å². The largest absolute Gasteiger partial charge is 0.481 e. The van der Waals surface area contributed by atoms with Crippen molar-refractivity contribution in [3.05, 3.63) is 23.0 Å². The molecule has 0 aromatic carbocycles. The van der Waals surface area contributed by atoms with Gasteiger partial charge in [0.2, 0.25) is 0 Å². The molecule has 0 fully saturated rings. The Balaban J connectivity index is 2.78. The van der Waals surface area contributed by atoms with Gasteiger partial charge in [0, 0.05) is 19.3 Å². The molecule has 0 aliphatic heterocycles. The van der Waals surface area contributed by atoms with Gasteiger partial charge in [0.1, 0.15) is 5.69 Å². The fraction of sp³-hybridized carbons (Fsp3) is 0.500. The Kier molecular flexibility index (Phi) is 4.78. The van der Waals surface area contributed by atoms with E-state index in [9.17, 15) is 9.59 Å². The van der Waals surface area contributed by atoms with E-state index in [1.807, 2.05) is 13.8 Å². The number of aliphatic carboxylic acids is 1. The van der Waals surface area contributed by atoms with Crippen LogP contribution in [0.5, 0.6) is 0 Å². The predicted molar refractivity (Wildman–Crippen MR) is 68.8 cm³/mol. The molecule has 0 saturated heterocycles. The van der Waals surface area contributed by atoms with Gasteiger partial charge < -0.3 is 15.0 Å². The van der Waals surface area contributed by atoms with Crippen LogP contribution in [-0.4, -0.2) is 27.6 Å². The number of halogens is 1. The number of aryl methyl sites for hydroxylation is 1. The van der Waals surface area contributed by atoms with E-state index in [0.717, 1.165) is 0 Å². The summed E-state index contributed by atoms with van der Waals surface area (Å²) in [5, 5.41) is 12.0. The highest BCUT2D eigenvalue weighted by molar-refractivity contribution is 6.31. The van der Waals surface area contributed by atoms with Crippen LogP contribution in [0.4, 0.5) is 0 Å². The van der Waals surface area contributed by atoms with Gasteiger partial charge >= 0.3 is 5.97 Å². The zero-order valence-corrected chi connectivity index (χ0v) is 11.4. The summed E-state index contributed by atoms with van der Waals surface area (Å²) in [5.74, 6) is -1.20. The maximum absolute atomic E-state index is 12.0. The van der Waals surface area contributed by atoms with Gasteiger partial charge in [-0.25, -0.2) is 0 Å². The second-order valence-corrected chi connectivity index (χ2v) is 5.01. The van der Waals surface area contributed by atoms with Crippen molar-refractivity contribution in [3.63, 3.8) is 0 Å². The SMILES string of the molecule is CC(C)C(CC(=O)O)NC(=O)c1cc(Cl)cn1C. The van der Waals surface area contributed by atoms with Gasteiger partial charge in [-0.1, -0.05) is 25.4 Å². The zero-order valence-electron chi connectivity index (χ0n) is 10.6. The van der Waals surface area contributed by atoms with E-state index in [1.54, 1.807) is 23.9 Å². The molecule has 5 nitrogen and oxygen atoms in total. The second-order valence-electron chi connectivity index (χ2n) is 4.58. The number of carboxylic acids is 1. The molecule has 1 rings (SSSR count). The molecule has 1 amide bonds. The summed E-state index contributed by atoms with van der Waals surface area (Å²) in [6.07, 6.45) is 1.53. The first-order chi connectivity index (χ1) is 8.31. The number of carboxylic acid groups (broad SMARTS) is 1. The van der Waals surface area contributed by atoms with Gasteiger partial charge in [-0.3, -0.25) is 9.59 Å². The lowest BCUT2D eigenvalue weighted by Gasteiger charge is -2.20. The fourth-order valence-corrected chi connectivity index (χ4v) is 1.88. The number of carbonyl (C=O) groups is 2. The van der Waals surface area contributed by atoms with E-state index in [2.05, 4.69) is 5.32 Å². The van der Waals surface area contributed by atoms with Crippen LogP contribution in [-0.2, 0) is 11.8 Å². The second kappa shape index (κ2) is 5.91. The first-order valence-electron chi connectivity index (χ1n) is 5.65. The maximum atomic E-state index is 12.0. The highest BCUT2D eigenvalue weighted by Gasteiger charge is 2.21. The number of hydrogen-bond acceptors (Lipinski definition) is 2. The van der Waals surface area contributed by atoms with E-state index in [-0.39, 0.29) is 18.2 Å². The van der Waals surface area contributed by atoms with Crippen molar-refractivity contribution in [2.24, 2.45) is 13.0 Å². The van der Waals surface area contributed by atoms with Gasteiger partial charge in [-0.2, -0.15) is 0 Å². The van der Waals surface area contributed by atoms with Crippen molar-refractivity contribution in [3.8, 4) is 0 Å². The van der Waals surface area contributed by atoms with Gasteiger partial charge in [0.15, 0.2) is 0 Å². The maximum Gasteiger partial charge on any atom is 0.305 e. The van der Waals surface area contributed by atoms with Gasteiger partial charge in [-0.05, 0) is 12.0 Å². The minimum Gasteiger partial charge on any atom is -0.481 e. The lowest BCUT2D eigenvalue weighted by atomic mass is 10.0. The highest BCUT2D eigenvalue weighted by atomic mass is 35.5. The van der Waals surface area contributed by atoms with Crippen molar-refractivity contribution >= 4 is 23.5 Å². The summed E-state index contributed by atoms with van der Waals surface area (Å²) in [5.41, 5.74) is 0.413. The van der Waals surface area contributed by atoms with Crippen molar-refractivity contribution in [1.29, 1.82) is 0 Å². The summed E-state index contributed by atoms with van der Waals surface area (Å²) in [7, 11) is 1.71. The Morgan fingerprint density at radius 1 is 1.50 bits per heavy atom. The Morgan fingerprint density at radius 3 is 2.50 bits per heavy atom. The molecule has 1 aromatic rings. The number of hydrogen-bond donors (Lipinski definition) is 2. The normalized spacial score (nSPS) is 12.5. The van der Waals surface area contributed by atoms with Gasteiger partial charge in [0.05, 0.1) is 11.4 Å². The average molecular weight is 273 g/mol. The molecule has 0 aliphatic carbocycles. The Bertz CT molecular complexity index is 454. The first kappa shape index (κ1) is 14.6. The first-order valence-corrected chi connectivity index (χ1v) is 6.03. The van der Waals surface area contributed by atoms with Crippen LogP contribution in [0.2, 0.25) is 5.02 Å². The molecule has 100 valence electrons. The lowest BCUT2D eigenvalue weighted by molar-refractivity contribution is -0.137. The molecule has 1 atom stereocenters. The van der Waals surface area contributed by atoms with E-state index in [1.165, 1.54) is 0 Å². The third kappa shape index (κ3) is 3.77. The monoisotopic (exact) mass is 272 g/mol. The minimum absolute atomic E-state index is 0.0424. The summed E-state index contributed by atoms with van der Waals surface area (Å²) < 4.78 is 1.61. The molecule has 0 saturated carbocycles. The molecule has 1 aromatic heterocycles. The van der Waals surface area contributed by atoms with Crippen LogP contribution < -0.4 is 5.32 Å². The summed E-state index contributed by atoms with van der Waals surface area (Å²) in [6, 6.07) is 1.15. The Hall–Kier alpha value is -1.49. The van der Waals surface area contributed by atoms with Crippen molar-refractivity contribution in [1.82, 2.24) is 9.88 Å².